The van der Waals surface area contributed by atoms with E-state index in [0.29, 0.717) is 16.5 Å². The molecule has 4 rings (SSSR count). The lowest BCUT2D eigenvalue weighted by Gasteiger charge is -2.20. The summed E-state index contributed by atoms with van der Waals surface area (Å²) in [4.78, 5) is 26.7. The monoisotopic (exact) mass is 503 g/mol. The van der Waals surface area contributed by atoms with Gasteiger partial charge in [-0.15, -0.1) is 0 Å². The van der Waals surface area contributed by atoms with Crippen LogP contribution in [0, 0.1) is 23.0 Å². The predicted molar refractivity (Wildman–Crippen MR) is 133 cm³/mol. The molecule has 188 valence electrons. The molecular formula is C27H23F2N5O3. The minimum absolute atomic E-state index is 0.0115. The number of nitriles is 1. The van der Waals surface area contributed by atoms with Crippen LogP contribution < -0.4 is 10.1 Å². The maximum absolute atomic E-state index is 15.4. The Bertz CT molecular complexity index is 1560. The smallest absolute Gasteiger partial charge is 0.254 e. The SMILES string of the molecule is CCOc1cc(C(=O)N(C)Cc2ccc(C#N)c3cn[nH]c23)cc(F)c1-c1ccc(F)c(C(=O)NC)c1. The van der Waals surface area contributed by atoms with E-state index in [2.05, 4.69) is 21.6 Å². The Labute approximate surface area is 211 Å². The molecule has 2 N–H and O–H groups in total. The van der Waals surface area contributed by atoms with Gasteiger partial charge in [-0.25, -0.2) is 8.78 Å². The summed E-state index contributed by atoms with van der Waals surface area (Å²) in [6.45, 7) is 2.07. The van der Waals surface area contributed by atoms with Crippen molar-refractivity contribution in [1.29, 1.82) is 5.26 Å². The molecular weight excluding hydrogens is 480 g/mol. The Morgan fingerprint density at radius 2 is 1.95 bits per heavy atom. The van der Waals surface area contributed by atoms with Gasteiger partial charge in [0.25, 0.3) is 11.8 Å². The van der Waals surface area contributed by atoms with Crippen LogP contribution in [0.1, 0.15) is 38.8 Å². The Hall–Kier alpha value is -4.78. The van der Waals surface area contributed by atoms with Crippen LogP contribution in [0.4, 0.5) is 8.78 Å². The fraction of sp³-hybridized carbons (Fsp3) is 0.185. The van der Waals surface area contributed by atoms with E-state index in [4.69, 9.17) is 4.74 Å². The Balaban J connectivity index is 1.69. The number of rotatable bonds is 7. The van der Waals surface area contributed by atoms with Crippen LogP contribution in [0.5, 0.6) is 5.75 Å². The summed E-state index contributed by atoms with van der Waals surface area (Å²) in [6.07, 6.45) is 1.55. The van der Waals surface area contributed by atoms with Gasteiger partial charge in [-0.1, -0.05) is 12.1 Å². The van der Waals surface area contributed by atoms with Gasteiger partial charge in [0.15, 0.2) is 0 Å². The molecule has 0 saturated heterocycles. The molecule has 2 amide bonds. The summed E-state index contributed by atoms with van der Waals surface area (Å²) < 4.78 is 35.3. The zero-order chi connectivity index (χ0) is 26.7. The van der Waals surface area contributed by atoms with Crippen LogP contribution in [-0.2, 0) is 6.54 Å². The number of carbonyl (C=O) groups is 2. The Morgan fingerprint density at radius 3 is 2.65 bits per heavy atom. The molecule has 1 heterocycles. The first-order valence-corrected chi connectivity index (χ1v) is 11.4. The second-order valence-corrected chi connectivity index (χ2v) is 8.24. The molecule has 0 radical (unpaired) electrons. The van der Waals surface area contributed by atoms with Gasteiger partial charge in [0.1, 0.15) is 17.4 Å². The maximum atomic E-state index is 15.4. The molecule has 0 saturated carbocycles. The number of benzene rings is 3. The van der Waals surface area contributed by atoms with E-state index >= 15 is 4.39 Å². The van der Waals surface area contributed by atoms with E-state index in [0.717, 1.165) is 17.7 Å². The quantitative estimate of drug-likeness (QED) is 0.388. The van der Waals surface area contributed by atoms with Crippen molar-refractivity contribution in [3.63, 3.8) is 0 Å². The van der Waals surface area contributed by atoms with E-state index in [1.54, 1.807) is 32.3 Å². The molecule has 0 fully saturated rings. The Kier molecular flexibility index (Phi) is 7.15. The van der Waals surface area contributed by atoms with Crippen molar-refractivity contribution in [2.75, 3.05) is 20.7 Å². The molecule has 0 atom stereocenters. The number of H-pyrrole nitrogens is 1. The van der Waals surface area contributed by atoms with Crippen molar-refractivity contribution in [1.82, 2.24) is 20.4 Å². The number of ether oxygens (including phenoxy) is 1. The molecule has 0 aliphatic heterocycles. The van der Waals surface area contributed by atoms with Gasteiger partial charge in [-0.05, 0) is 48.4 Å². The summed E-state index contributed by atoms with van der Waals surface area (Å²) in [6, 6.07) is 11.7. The van der Waals surface area contributed by atoms with Crippen LogP contribution in [0.2, 0.25) is 0 Å². The number of hydrogen-bond donors (Lipinski definition) is 2. The summed E-state index contributed by atoms with van der Waals surface area (Å²) >= 11 is 0. The van der Waals surface area contributed by atoms with Crippen molar-refractivity contribution < 1.29 is 23.1 Å². The first-order chi connectivity index (χ1) is 17.8. The lowest BCUT2D eigenvalue weighted by atomic mass is 9.98. The fourth-order valence-corrected chi connectivity index (χ4v) is 4.11. The van der Waals surface area contributed by atoms with Crippen LogP contribution in [0.25, 0.3) is 22.0 Å². The van der Waals surface area contributed by atoms with Gasteiger partial charge in [-0.3, -0.25) is 14.7 Å². The lowest BCUT2D eigenvalue weighted by molar-refractivity contribution is 0.0784. The first kappa shape index (κ1) is 25.3. The number of carbonyl (C=O) groups excluding carboxylic acids is 2. The van der Waals surface area contributed by atoms with Crippen molar-refractivity contribution in [2.24, 2.45) is 0 Å². The minimum atomic E-state index is -0.758. The largest absolute Gasteiger partial charge is 0.493 e. The predicted octanol–water partition coefficient (Wildman–Crippen LogP) is 4.41. The summed E-state index contributed by atoms with van der Waals surface area (Å²) in [5.41, 5.74) is 1.88. The highest BCUT2D eigenvalue weighted by Crippen LogP contribution is 2.35. The summed E-state index contributed by atoms with van der Waals surface area (Å²) in [7, 11) is 2.94. The molecule has 0 bridgehead atoms. The van der Waals surface area contributed by atoms with Crippen LogP contribution in [0.3, 0.4) is 0 Å². The van der Waals surface area contributed by atoms with Crippen molar-refractivity contribution in [3.05, 3.63) is 82.5 Å². The number of fused-ring (bicyclic) bond motifs is 1. The first-order valence-electron chi connectivity index (χ1n) is 11.4. The molecule has 0 aliphatic carbocycles. The molecule has 37 heavy (non-hydrogen) atoms. The molecule has 0 spiro atoms. The van der Waals surface area contributed by atoms with E-state index < -0.39 is 23.4 Å². The number of nitrogens with zero attached hydrogens (tertiary/aromatic N) is 3. The summed E-state index contributed by atoms with van der Waals surface area (Å²) in [5, 5.41) is 19.1. The fourth-order valence-electron chi connectivity index (χ4n) is 4.11. The molecule has 1 aromatic heterocycles. The summed E-state index contributed by atoms with van der Waals surface area (Å²) in [5.74, 6) is -2.53. The average molecular weight is 504 g/mol. The van der Waals surface area contributed by atoms with Crippen molar-refractivity contribution in [2.45, 2.75) is 13.5 Å². The molecule has 10 heteroatoms. The van der Waals surface area contributed by atoms with E-state index in [-0.39, 0.29) is 41.2 Å². The van der Waals surface area contributed by atoms with Gasteiger partial charge in [-0.2, -0.15) is 10.4 Å². The van der Waals surface area contributed by atoms with Crippen LogP contribution in [-0.4, -0.2) is 47.6 Å². The third kappa shape index (κ3) is 4.84. The van der Waals surface area contributed by atoms with Gasteiger partial charge in [0.05, 0.1) is 41.1 Å². The second kappa shape index (κ2) is 10.5. The topological polar surface area (TPSA) is 111 Å². The standard InChI is InChI=1S/C27H23F2N5O3/c1-4-37-23-11-18(10-22(29)24(23)15-7-8-21(28)19(9-15)26(35)31-2)27(36)34(3)14-17-6-5-16(12-30)20-13-32-33-25(17)20/h5-11,13H,4,14H2,1-3H3,(H,31,35)(H,32,33). The highest BCUT2D eigenvalue weighted by Gasteiger charge is 2.22. The molecule has 4 aromatic rings. The van der Waals surface area contributed by atoms with E-state index in [1.165, 1.54) is 30.1 Å². The van der Waals surface area contributed by atoms with Crippen molar-refractivity contribution in [3.8, 4) is 22.9 Å². The van der Waals surface area contributed by atoms with Gasteiger partial charge in [0.2, 0.25) is 0 Å². The third-order valence-electron chi connectivity index (χ3n) is 5.90. The molecule has 8 nitrogen and oxygen atoms in total. The maximum Gasteiger partial charge on any atom is 0.254 e. The zero-order valence-electron chi connectivity index (χ0n) is 20.4. The van der Waals surface area contributed by atoms with Gasteiger partial charge >= 0.3 is 0 Å². The number of aromatic nitrogens is 2. The Morgan fingerprint density at radius 1 is 1.16 bits per heavy atom. The van der Waals surface area contributed by atoms with E-state index in [9.17, 15) is 19.2 Å². The number of amides is 2. The number of hydrogen-bond acceptors (Lipinski definition) is 5. The average Bonchev–Trinajstić information content (AvgIpc) is 3.39. The molecule has 0 aliphatic rings. The van der Waals surface area contributed by atoms with Crippen LogP contribution in [0.15, 0.2) is 48.7 Å². The third-order valence-corrected chi connectivity index (χ3v) is 5.90. The van der Waals surface area contributed by atoms with Crippen molar-refractivity contribution >= 4 is 22.7 Å². The normalized spacial score (nSPS) is 10.7. The number of nitrogens with one attached hydrogen (secondary N) is 2. The van der Waals surface area contributed by atoms with Crippen LogP contribution >= 0.6 is 0 Å². The molecule has 0 unspecified atom stereocenters. The highest BCUT2D eigenvalue weighted by molar-refractivity contribution is 5.97. The lowest BCUT2D eigenvalue weighted by Crippen LogP contribution is -2.26. The number of aromatic amines is 1. The highest BCUT2D eigenvalue weighted by atomic mass is 19.1. The number of halogens is 2. The second-order valence-electron chi connectivity index (χ2n) is 8.24. The molecule has 3 aromatic carbocycles. The van der Waals surface area contributed by atoms with Gasteiger partial charge < -0.3 is 15.0 Å². The van der Waals surface area contributed by atoms with E-state index in [1.807, 2.05) is 0 Å². The van der Waals surface area contributed by atoms with Gasteiger partial charge in [0, 0.05) is 31.6 Å². The minimum Gasteiger partial charge on any atom is -0.493 e. The zero-order valence-corrected chi connectivity index (χ0v) is 20.4.